The minimum absolute atomic E-state index is 0.119. The number of carbonyl (C=O) groups is 1. The lowest BCUT2D eigenvalue weighted by Crippen LogP contribution is -2.37. The second-order valence-corrected chi connectivity index (χ2v) is 6.38. The van der Waals surface area contributed by atoms with Crippen LogP contribution < -0.4 is 16.0 Å². The molecule has 6 heteroatoms. The van der Waals surface area contributed by atoms with Gasteiger partial charge in [0, 0.05) is 25.7 Å². The fraction of sp³-hybridized carbons (Fsp3) is 0.429. The molecule has 1 heterocycles. The molecule has 1 aromatic heterocycles. The predicted molar refractivity (Wildman–Crippen MR) is 109 cm³/mol. The first kappa shape index (κ1) is 20.6. The van der Waals surface area contributed by atoms with Crippen LogP contribution in [-0.2, 0) is 13.1 Å². The molecule has 0 saturated carbocycles. The van der Waals surface area contributed by atoms with Crippen LogP contribution in [-0.4, -0.2) is 25.5 Å². The van der Waals surface area contributed by atoms with Crippen molar-refractivity contribution in [3.05, 3.63) is 59.5 Å². The Morgan fingerprint density at radius 2 is 1.93 bits per heavy atom. The van der Waals surface area contributed by atoms with Gasteiger partial charge < -0.3 is 20.4 Å². The van der Waals surface area contributed by atoms with Crippen LogP contribution in [0.1, 0.15) is 54.3 Å². The van der Waals surface area contributed by atoms with Crippen molar-refractivity contribution >= 4 is 11.9 Å². The first-order valence-electron chi connectivity index (χ1n) is 9.57. The number of unbranched alkanes of at least 4 members (excludes halogenated alkanes) is 3. The van der Waals surface area contributed by atoms with E-state index in [1.807, 2.05) is 30.3 Å². The maximum absolute atomic E-state index is 12.3. The van der Waals surface area contributed by atoms with E-state index in [9.17, 15) is 4.79 Å². The SMILES string of the molecule is CCCCCCNC(=NC)NCc1cccc(C(=O)NCc2ccco2)c1. The molecule has 0 aliphatic rings. The zero-order valence-electron chi connectivity index (χ0n) is 16.3. The molecule has 0 atom stereocenters. The van der Waals surface area contributed by atoms with Crippen LogP contribution in [0, 0.1) is 0 Å². The van der Waals surface area contributed by atoms with Gasteiger partial charge in [0.1, 0.15) is 5.76 Å². The normalized spacial score (nSPS) is 11.3. The van der Waals surface area contributed by atoms with Crippen molar-refractivity contribution in [3.8, 4) is 0 Å². The first-order valence-corrected chi connectivity index (χ1v) is 9.57. The Hall–Kier alpha value is -2.76. The molecule has 146 valence electrons. The largest absolute Gasteiger partial charge is 0.467 e. The fourth-order valence-electron chi connectivity index (χ4n) is 2.67. The highest BCUT2D eigenvalue weighted by molar-refractivity contribution is 5.94. The van der Waals surface area contributed by atoms with Gasteiger partial charge in [-0.15, -0.1) is 0 Å². The smallest absolute Gasteiger partial charge is 0.251 e. The van der Waals surface area contributed by atoms with E-state index in [-0.39, 0.29) is 5.91 Å². The zero-order valence-corrected chi connectivity index (χ0v) is 16.3. The molecule has 2 rings (SSSR count). The monoisotopic (exact) mass is 370 g/mol. The summed E-state index contributed by atoms with van der Waals surface area (Å²) in [5.41, 5.74) is 1.65. The van der Waals surface area contributed by atoms with Gasteiger partial charge in [0.05, 0.1) is 12.8 Å². The highest BCUT2D eigenvalue weighted by Gasteiger charge is 2.07. The Morgan fingerprint density at radius 3 is 2.67 bits per heavy atom. The molecule has 0 saturated heterocycles. The van der Waals surface area contributed by atoms with E-state index in [4.69, 9.17) is 4.42 Å². The van der Waals surface area contributed by atoms with E-state index in [1.54, 1.807) is 19.4 Å². The Kier molecular flexibility index (Phi) is 8.96. The van der Waals surface area contributed by atoms with Crippen LogP contribution in [0.25, 0.3) is 0 Å². The molecule has 27 heavy (non-hydrogen) atoms. The second-order valence-electron chi connectivity index (χ2n) is 6.38. The molecule has 0 aliphatic carbocycles. The van der Waals surface area contributed by atoms with E-state index in [0.29, 0.717) is 18.7 Å². The third-order valence-electron chi connectivity index (χ3n) is 4.20. The second kappa shape index (κ2) is 11.8. The molecule has 1 aromatic carbocycles. The lowest BCUT2D eigenvalue weighted by atomic mass is 10.1. The van der Waals surface area contributed by atoms with E-state index < -0.39 is 0 Å². The molecule has 1 amide bonds. The molecular formula is C21H30N4O2. The molecule has 0 unspecified atom stereocenters. The number of hydrogen-bond donors (Lipinski definition) is 3. The summed E-state index contributed by atoms with van der Waals surface area (Å²) in [7, 11) is 1.76. The van der Waals surface area contributed by atoms with Crippen molar-refractivity contribution in [1.82, 2.24) is 16.0 Å². The fourth-order valence-corrected chi connectivity index (χ4v) is 2.67. The van der Waals surface area contributed by atoms with Gasteiger partial charge in [-0.2, -0.15) is 0 Å². The van der Waals surface area contributed by atoms with E-state index in [1.165, 1.54) is 19.3 Å². The van der Waals surface area contributed by atoms with Crippen LogP contribution in [0.5, 0.6) is 0 Å². The maximum atomic E-state index is 12.3. The first-order chi connectivity index (χ1) is 13.2. The number of aliphatic imine (C=N–C) groups is 1. The topological polar surface area (TPSA) is 78.7 Å². The third-order valence-corrected chi connectivity index (χ3v) is 4.20. The van der Waals surface area contributed by atoms with Crippen LogP contribution in [0.2, 0.25) is 0 Å². The summed E-state index contributed by atoms with van der Waals surface area (Å²) in [6.45, 7) is 4.10. The maximum Gasteiger partial charge on any atom is 0.251 e. The number of benzene rings is 1. The summed E-state index contributed by atoms with van der Waals surface area (Å²) in [6.07, 6.45) is 6.47. The van der Waals surface area contributed by atoms with Gasteiger partial charge in [0.2, 0.25) is 0 Å². The highest BCUT2D eigenvalue weighted by Crippen LogP contribution is 2.06. The number of hydrogen-bond acceptors (Lipinski definition) is 3. The van der Waals surface area contributed by atoms with Crippen molar-refractivity contribution in [2.75, 3.05) is 13.6 Å². The summed E-state index contributed by atoms with van der Waals surface area (Å²) in [5, 5.41) is 9.47. The minimum atomic E-state index is -0.119. The Morgan fingerprint density at radius 1 is 1.04 bits per heavy atom. The van der Waals surface area contributed by atoms with Crippen molar-refractivity contribution in [3.63, 3.8) is 0 Å². The van der Waals surface area contributed by atoms with Gasteiger partial charge in [0.15, 0.2) is 5.96 Å². The van der Waals surface area contributed by atoms with Crippen LogP contribution in [0.15, 0.2) is 52.1 Å². The Bertz CT molecular complexity index is 711. The van der Waals surface area contributed by atoms with Gasteiger partial charge >= 0.3 is 0 Å². The molecule has 0 bridgehead atoms. The van der Waals surface area contributed by atoms with Crippen molar-refractivity contribution in [2.45, 2.75) is 45.7 Å². The lowest BCUT2D eigenvalue weighted by molar-refractivity contribution is 0.0948. The number of nitrogens with zero attached hydrogens (tertiary/aromatic N) is 1. The van der Waals surface area contributed by atoms with Gasteiger partial charge in [0.25, 0.3) is 5.91 Å². The number of amides is 1. The molecule has 0 aliphatic heterocycles. The van der Waals surface area contributed by atoms with Crippen LogP contribution in [0.3, 0.4) is 0 Å². The Labute approximate surface area is 161 Å². The summed E-state index contributed by atoms with van der Waals surface area (Å²) in [6, 6.07) is 11.2. The van der Waals surface area contributed by atoms with Crippen molar-refractivity contribution in [1.29, 1.82) is 0 Å². The summed E-state index contributed by atoms with van der Waals surface area (Å²) in [5.74, 6) is 1.39. The molecule has 2 aromatic rings. The summed E-state index contributed by atoms with van der Waals surface area (Å²) < 4.78 is 5.23. The van der Waals surface area contributed by atoms with Gasteiger partial charge in [-0.3, -0.25) is 9.79 Å². The number of rotatable bonds is 10. The van der Waals surface area contributed by atoms with E-state index in [0.717, 1.165) is 30.2 Å². The van der Waals surface area contributed by atoms with Crippen molar-refractivity contribution < 1.29 is 9.21 Å². The minimum Gasteiger partial charge on any atom is -0.467 e. The zero-order chi connectivity index (χ0) is 19.3. The van der Waals surface area contributed by atoms with Gasteiger partial charge in [-0.1, -0.05) is 38.3 Å². The predicted octanol–water partition coefficient (Wildman–Crippen LogP) is 3.45. The van der Waals surface area contributed by atoms with Crippen molar-refractivity contribution in [2.24, 2.45) is 4.99 Å². The molecule has 3 N–H and O–H groups in total. The standard InChI is InChI=1S/C21H30N4O2/c1-3-4-5-6-12-23-21(22-2)25-15-17-9-7-10-18(14-17)20(26)24-16-19-11-8-13-27-19/h7-11,13-14H,3-6,12,15-16H2,1-2H3,(H,24,26)(H2,22,23,25). The number of nitrogens with one attached hydrogen (secondary N) is 3. The van der Waals surface area contributed by atoms with Crippen LogP contribution >= 0.6 is 0 Å². The molecular weight excluding hydrogens is 340 g/mol. The quantitative estimate of drug-likeness (QED) is 0.340. The van der Waals surface area contributed by atoms with Crippen LogP contribution in [0.4, 0.5) is 0 Å². The number of guanidine groups is 1. The van der Waals surface area contributed by atoms with E-state index in [2.05, 4.69) is 27.9 Å². The lowest BCUT2D eigenvalue weighted by Gasteiger charge is -2.12. The molecule has 0 radical (unpaired) electrons. The molecule has 0 fully saturated rings. The average molecular weight is 370 g/mol. The average Bonchev–Trinajstić information content (AvgIpc) is 3.22. The van der Waals surface area contributed by atoms with E-state index >= 15 is 0 Å². The molecule has 6 nitrogen and oxygen atoms in total. The number of furan rings is 1. The molecule has 0 spiro atoms. The van der Waals surface area contributed by atoms with Gasteiger partial charge in [-0.05, 0) is 36.2 Å². The Balaban J connectivity index is 1.79. The third kappa shape index (κ3) is 7.56. The number of carbonyl (C=O) groups excluding carboxylic acids is 1. The highest BCUT2D eigenvalue weighted by atomic mass is 16.3. The summed E-state index contributed by atoms with van der Waals surface area (Å²) >= 11 is 0. The van der Waals surface area contributed by atoms with Gasteiger partial charge in [-0.25, -0.2) is 0 Å². The summed E-state index contributed by atoms with van der Waals surface area (Å²) in [4.78, 5) is 16.5.